The third-order valence-corrected chi connectivity index (χ3v) is 3.18. The molecule has 0 aromatic heterocycles. The zero-order valence-corrected chi connectivity index (χ0v) is 10.4. The summed E-state index contributed by atoms with van der Waals surface area (Å²) in [4.78, 5) is 22.3. The van der Waals surface area contributed by atoms with Gasteiger partial charge in [-0.3, -0.25) is 4.79 Å². The van der Waals surface area contributed by atoms with Crippen molar-refractivity contribution in [1.82, 2.24) is 5.32 Å². The Bertz CT molecular complexity index is 260. The molecule has 1 saturated carbocycles. The first-order valence-electron chi connectivity index (χ1n) is 6.36. The predicted octanol–water partition coefficient (Wildman–Crippen LogP) is 1.56. The molecule has 2 amide bonds. The normalized spacial score (nSPS) is 24.1. The first-order valence-corrected chi connectivity index (χ1v) is 6.36. The van der Waals surface area contributed by atoms with Crippen LogP contribution in [0.5, 0.6) is 0 Å². The number of carbonyl (C=O) groups excluding carboxylic acids is 2. The van der Waals surface area contributed by atoms with Crippen LogP contribution in [0.25, 0.3) is 0 Å². The van der Waals surface area contributed by atoms with E-state index in [1.165, 1.54) is 0 Å². The van der Waals surface area contributed by atoms with Gasteiger partial charge in [0.05, 0.1) is 6.61 Å². The lowest BCUT2D eigenvalue weighted by Crippen LogP contribution is -2.40. The smallest absolute Gasteiger partial charge is 0.407 e. The number of ether oxygens (including phenoxy) is 1. The molecule has 0 aromatic rings. The van der Waals surface area contributed by atoms with Crippen LogP contribution >= 0.6 is 0 Å². The molecule has 5 nitrogen and oxygen atoms in total. The highest BCUT2D eigenvalue weighted by Gasteiger charge is 2.25. The second kappa shape index (κ2) is 7.14. The van der Waals surface area contributed by atoms with Crippen LogP contribution in [0.4, 0.5) is 4.79 Å². The van der Waals surface area contributed by atoms with Crippen molar-refractivity contribution >= 4 is 12.0 Å². The molecular formula is C12H22N2O3. The van der Waals surface area contributed by atoms with Gasteiger partial charge in [0.25, 0.3) is 0 Å². The van der Waals surface area contributed by atoms with Crippen LogP contribution in [0.3, 0.4) is 0 Å². The zero-order chi connectivity index (χ0) is 12.7. The van der Waals surface area contributed by atoms with Gasteiger partial charge in [-0.15, -0.1) is 0 Å². The van der Waals surface area contributed by atoms with Gasteiger partial charge < -0.3 is 15.8 Å². The van der Waals surface area contributed by atoms with Crippen LogP contribution in [0.1, 0.15) is 45.4 Å². The van der Waals surface area contributed by atoms with Crippen molar-refractivity contribution in [3.05, 3.63) is 0 Å². The Morgan fingerprint density at radius 3 is 2.47 bits per heavy atom. The number of amides is 2. The molecule has 1 aliphatic rings. The number of rotatable bonds is 5. The standard InChI is InChI=1S/C12H22N2O3/c1-2-3-8-17-12(16)14-10-6-4-9(5-7-10)11(13)15/h9-10H,2-8H2,1H3,(H2,13,15)(H,14,16)/t9-,10+. The maximum atomic E-state index is 11.4. The van der Waals surface area contributed by atoms with Gasteiger partial charge in [-0.2, -0.15) is 0 Å². The van der Waals surface area contributed by atoms with Gasteiger partial charge in [0.2, 0.25) is 5.91 Å². The minimum atomic E-state index is -0.346. The molecule has 0 radical (unpaired) electrons. The average Bonchev–Trinajstić information content (AvgIpc) is 2.30. The van der Waals surface area contributed by atoms with E-state index in [9.17, 15) is 9.59 Å². The van der Waals surface area contributed by atoms with E-state index in [1.54, 1.807) is 0 Å². The number of alkyl carbamates (subject to hydrolysis) is 1. The SMILES string of the molecule is CCCCOC(=O)N[C@H]1CC[C@@H](C(N)=O)CC1. The third-order valence-electron chi connectivity index (χ3n) is 3.18. The van der Waals surface area contributed by atoms with Crippen molar-refractivity contribution < 1.29 is 14.3 Å². The fourth-order valence-electron chi connectivity index (χ4n) is 2.04. The number of nitrogens with one attached hydrogen (secondary N) is 1. The van der Waals surface area contributed by atoms with Gasteiger partial charge in [0.15, 0.2) is 0 Å². The van der Waals surface area contributed by atoms with E-state index in [4.69, 9.17) is 10.5 Å². The van der Waals surface area contributed by atoms with Crippen LogP contribution in [-0.2, 0) is 9.53 Å². The molecule has 0 bridgehead atoms. The van der Waals surface area contributed by atoms with Crippen LogP contribution in [-0.4, -0.2) is 24.6 Å². The molecule has 0 spiro atoms. The zero-order valence-electron chi connectivity index (χ0n) is 10.4. The van der Waals surface area contributed by atoms with Crippen molar-refractivity contribution in [3.8, 4) is 0 Å². The summed E-state index contributed by atoms with van der Waals surface area (Å²) in [7, 11) is 0. The van der Waals surface area contributed by atoms with Crippen LogP contribution in [0, 0.1) is 5.92 Å². The molecule has 17 heavy (non-hydrogen) atoms. The molecule has 5 heteroatoms. The van der Waals surface area contributed by atoms with E-state index >= 15 is 0 Å². The summed E-state index contributed by atoms with van der Waals surface area (Å²) in [6.45, 7) is 2.52. The summed E-state index contributed by atoms with van der Waals surface area (Å²) in [6.07, 6.45) is 4.68. The van der Waals surface area contributed by atoms with Gasteiger partial charge in [-0.25, -0.2) is 4.79 Å². The van der Waals surface area contributed by atoms with Gasteiger partial charge in [-0.05, 0) is 32.1 Å². The number of hydrogen-bond donors (Lipinski definition) is 2. The number of primary amides is 1. The lowest BCUT2D eigenvalue weighted by Gasteiger charge is -2.26. The Morgan fingerprint density at radius 2 is 1.94 bits per heavy atom. The summed E-state index contributed by atoms with van der Waals surface area (Å²) < 4.78 is 5.02. The Balaban J connectivity index is 2.17. The summed E-state index contributed by atoms with van der Waals surface area (Å²) in [5, 5.41) is 2.82. The summed E-state index contributed by atoms with van der Waals surface area (Å²) in [5.41, 5.74) is 5.24. The van der Waals surface area contributed by atoms with Gasteiger partial charge in [-0.1, -0.05) is 13.3 Å². The van der Waals surface area contributed by atoms with Crippen molar-refractivity contribution in [2.24, 2.45) is 11.7 Å². The highest BCUT2D eigenvalue weighted by Crippen LogP contribution is 2.23. The van der Waals surface area contributed by atoms with Crippen LogP contribution < -0.4 is 11.1 Å². The second-order valence-electron chi connectivity index (χ2n) is 4.58. The maximum absolute atomic E-state index is 11.4. The minimum Gasteiger partial charge on any atom is -0.450 e. The molecular weight excluding hydrogens is 220 g/mol. The highest BCUT2D eigenvalue weighted by molar-refractivity contribution is 5.76. The van der Waals surface area contributed by atoms with Crippen LogP contribution in [0.2, 0.25) is 0 Å². The number of carbonyl (C=O) groups is 2. The molecule has 1 fully saturated rings. The number of hydrogen-bond acceptors (Lipinski definition) is 3. The topological polar surface area (TPSA) is 81.4 Å². The molecule has 0 atom stereocenters. The minimum absolute atomic E-state index is 0.0239. The Kier molecular flexibility index (Phi) is 5.80. The fourth-order valence-corrected chi connectivity index (χ4v) is 2.04. The summed E-state index contributed by atoms with van der Waals surface area (Å²) in [6, 6.07) is 0.125. The van der Waals surface area contributed by atoms with E-state index in [0.717, 1.165) is 38.5 Å². The second-order valence-corrected chi connectivity index (χ2v) is 4.58. The quantitative estimate of drug-likeness (QED) is 0.718. The van der Waals surface area contributed by atoms with Gasteiger partial charge in [0.1, 0.15) is 0 Å². The van der Waals surface area contributed by atoms with Crippen molar-refractivity contribution in [2.75, 3.05) is 6.61 Å². The van der Waals surface area contributed by atoms with E-state index in [-0.39, 0.29) is 24.0 Å². The lowest BCUT2D eigenvalue weighted by molar-refractivity contribution is -0.122. The fraction of sp³-hybridized carbons (Fsp3) is 0.833. The first kappa shape index (κ1) is 13.8. The third kappa shape index (κ3) is 5.06. The summed E-state index contributed by atoms with van der Waals surface area (Å²) in [5.74, 6) is -0.252. The lowest BCUT2D eigenvalue weighted by atomic mass is 9.86. The largest absolute Gasteiger partial charge is 0.450 e. The Morgan fingerprint density at radius 1 is 1.29 bits per heavy atom. The molecule has 1 rings (SSSR count). The number of unbranched alkanes of at least 4 members (excludes halogenated alkanes) is 1. The first-order chi connectivity index (χ1) is 8.13. The van der Waals surface area contributed by atoms with E-state index in [1.807, 2.05) is 6.92 Å². The average molecular weight is 242 g/mol. The van der Waals surface area contributed by atoms with Gasteiger partial charge in [0, 0.05) is 12.0 Å². The van der Waals surface area contributed by atoms with E-state index < -0.39 is 0 Å². The number of nitrogens with two attached hydrogens (primary N) is 1. The van der Waals surface area contributed by atoms with E-state index in [2.05, 4.69) is 5.32 Å². The predicted molar refractivity (Wildman–Crippen MR) is 64.3 cm³/mol. The Hall–Kier alpha value is -1.26. The monoisotopic (exact) mass is 242 g/mol. The Labute approximate surface area is 102 Å². The molecule has 1 aliphatic carbocycles. The van der Waals surface area contributed by atoms with Crippen molar-refractivity contribution in [1.29, 1.82) is 0 Å². The van der Waals surface area contributed by atoms with Crippen LogP contribution in [0.15, 0.2) is 0 Å². The maximum Gasteiger partial charge on any atom is 0.407 e. The molecule has 3 N–H and O–H groups in total. The molecule has 0 unspecified atom stereocenters. The molecule has 0 saturated heterocycles. The molecule has 98 valence electrons. The van der Waals surface area contributed by atoms with Crippen molar-refractivity contribution in [3.63, 3.8) is 0 Å². The van der Waals surface area contributed by atoms with Crippen molar-refractivity contribution in [2.45, 2.75) is 51.5 Å². The van der Waals surface area contributed by atoms with Gasteiger partial charge >= 0.3 is 6.09 Å². The highest BCUT2D eigenvalue weighted by atomic mass is 16.5. The van der Waals surface area contributed by atoms with E-state index in [0.29, 0.717) is 6.61 Å². The summed E-state index contributed by atoms with van der Waals surface area (Å²) >= 11 is 0. The molecule has 0 aliphatic heterocycles. The molecule has 0 heterocycles. The molecule has 0 aromatic carbocycles.